The lowest BCUT2D eigenvalue weighted by Gasteiger charge is -2.18. The zero-order valence-electron chi connectivity index (χ0n) is 13.7. The van der Waals surface area contributed by atoms with Crippen LogP contribution in [-0.2, 0) is 16.1 Å². The van der Waals surface area contributed by atoms with Crippen LogP contribution in [0, 0.1) is 0 Å². The van der Waals surface area contributed by atoms with E-state index < -0.39 is 23.6 Å². The molecule has 7 nitrogen and oxygen atoms in total. The maximum atomic E-state index is 12.5. The van der Waals surface area contributed by atoms with Gasteiger partial charge in [-0.2, -0.15) is 0 Å². The third kappa shape index (κ3) is 4.28. The van der Waals surface area contributed by atoms with Crippen molar-refractivity contribution in [2.45, 2.75) is 32.9 Å². The Kier molecular flexibility index (Phi) is 4.82. The van der Waals surface area contributed by atoms with Crippen molar-refractivity contribution < 1.29 is 14.7 Å². The Hall–Kier alpha value is -2.96. The Bertz CT molecular complexity index is 876. The van der Waals surface area contributed by atoms with Gasteiger partial charge >= 0.3 is 5.97 Å². The maximum absolute atomic E-state index is 12.5. The van der Waals surface area contributed by atoms with Crippen LogP contribution in [0.15, 0.2) is 35.1 Å². The second kappa shape index (κ2) is 6.66. The van der Waals surface area contributed by atoms with E-state index in [0.29, 0.717) is 11.0 Å². The number of carboxylic acids is 1. The van der Waals surface area contributed by atoms with E-state index in [2.05, 4.69) is 10.3 Å². The lowest BCUT2D eigenvalue weighted by Crippen LogP contribution is -2.39. The zero-order chi connectivity index (χ0) is 17.9. The topological polar surface area (TPSA) is 101 Å². The molecule has 1 heterocycles. The SMILES string of the molecule is CC(C)(C)NC(=O)/C=C/c1nc2ccccc2n(CC(=O)O)c1=O. The predicted molar refractivity (Wildman–Crippen MR) is 90.6 cm³/mol. The second-order valence-electron chi connectivity index (χ2n) is 6.34. The van der Waals surface area contributed by atoms with Crippen molar-refractivity contribution in [3.05, 3.63) is 46.4 Å². The highest BCUT2D eigenvalue weighted by Crippen LogP contribution is 2.10. The van der Waals surface area contributed by atoms with Crippen LogP contribution >= 0.6 is 0 Å². The van der Waals surface area contributed by atoms with Crippen LogP contribution in [0.1, 0.15) is 26.5 Å². The molecule has 0 aliphatic carbocycles. The second-order valence-corrected chi connectivity index (χ2v) is 6.34. The summed E-state index contributed by atoms with van der Waals surface area (Å²) in [6.45, 7) is 5.05. The van der Waals surface area contributed by atoms with Gasteiger partial charge in [0.05, 0.1) is 11.0 Å². The fraction of sp³-hybridized carbons (Fsp3) is 0.294. The highest BCUT2D eigenvalue weighted by atomic mass is 16.4. The van der Waals surface area contributed by atoms with Crippen LogP contribution in [-0.4, -0.2) is 32.1 Å². The van der Waals surface area contributed by atoms with Crippen molar-refractivity contribution in [2.75, 3.05) is 0 Å². The summed E-state index contributed by atoms with van der Waals surface area (Å²) >= 11 is 0. The lowest BCUT2D eigenvalue weighted by molar-refractivity contribution is -0.137. The molecular weight excluding hydrogens is 310 g/mol. The van der Waals surface area contributed by atoms with Crippen LogP contribution in [0.2, 0.25) is 0 Å². The van der Waals surface area contributed by atoms with E-state index in [1.165, 1.54) is 12.2 Å². The van der Waals surface area contributed by atoms with Gasteiger partial charge in [0, 0.05) is 11.6 Å². The molecule has 2 rings (SSSR count). The number of carbonyl (C=O) groups is 2. The summed E-state index contributed by atoms with van der Waals surface area (Å²) in [4.78, 5) is 39.6. The first-order valence-electron chi connectivity index (χ1n) is 7.39. The quantitative estimate of drug-likeness (QED) is 0.826. The Morgan fingerprint density at radius 1 is 1.29 bits per heavy atom. The van der Waals surface area contributed by atoms with Crippen LogP contribution in [0.3, 0.4) is 0 Å². The summed E-state index contributed by atoms with van der Waals surface area (Å²) in [6.07, 6.45) is 2.52. The number of rotatable bonds is 4. The summed E-state index contributed by atoms with van der Waals surface area (Å²) in [5.74, 6) is -1.49. The Balaban J connectivity index is 2.48. The van der Waals surface area contributed by atoms with E-state index in [1.807, 2.05) is 20.8 Å². The zero-order valence-corrected chi connectivity index (χ0v) is 13.7. The minimum Gasteiger partial charge on any atom is -0.480 e. The molecule has 0 saturated carbocycles. The number of hydrogen-bond donors (Lipinski definition) is 2. The lowest BCUT2D eigenvalue weighted by atomic mass is 10.1. The van der Waals surface area contributed by atoms with E-state index in [9.17, 15) is 14.4 Å². The molecule has 1 aromatic carbocycles. The van der Waals surface area contributed by atoms with Crippen molar-refractivity contribution in [2.24, 2.45) is 0 Å². The van der Waals surface area contributed by atoms with Crippen LogP contribution in [0.5, 0.6) is 0 Å². The maximum Gasteiger partial charge on any atom is 0.323 e. The monoisotopic (exact) mass is 329 g/mol. The molecule has 0 atom stereocenters. The number of carbonyl (C=O) groups excluding carboxylic acids is 1. The van der Waals surface area contributed by atoms with Crippen molar-refractivity contribution >= 4 is 29.0 Å². The number of aliphatic carboxylic acids is 1. The molecule has 0 fully saturated rings. The molecule has 7 heteroatoms. The van der Waals surface area contributed by atoms with E-state index in [1.54, 1.807) is 24.3 Å². The van der Waals surface area contributed by atoms with Gasteiger partial charge in [0.15, 0.2) is 0 Å². The van der Waals surface area contributed by atoms with Crippen LogP contribution in [0.25, 0.3) is 17.1 Å². The van der Waals surface area contributed by atoms with E-state index >= 15 is 0 Å². The van der Waals surface area contributed by atoms with Crippen molar-refractivity contribution in [3.8, 4) is 0 Å². The molecule has 0 bridgehead atoms. The molecule has 0 spiro atoms. The summed E-state index contributed by atoms with van der Waals surface area (Å²) in [7, 11) is 0. The molecule has 0 saturated heterocycles. The summed E-state index contributed by atoms with van der Waals surface area (Å²) in [5.41, 5.74) is -0.0350. The van der Waals surface area contributed by atoms with Gasteiger partial charge in [-0.15, -0.1) is 0 Å². The van der Waals surface area contributed by atoms with Gasteiger partial charge in [-0.25, -0.2) is 4.98 Å². The summed E-state index contributed by atoms with van der Waals surface area (Å²) in [6, 6.07) is 6.75. The number of nitrogens with zero attached hydrogens (tertiary/aromatic N) is 2. The predicted octanol–water partition coefficient (Wildman–Crippen LogP) is 1.41. The standard InChI is InChI=1S/C17H19N3O4/c1-17(2,3)19-14(21)9-8-12-16(24)20(10-15(22)23)13-7-5-4-6-11(13)18-12/h4-9H,10H2,1-3H3,(H,19,21)(H,22,23)/b9-8+. The Morgan fingerprint density at radius 2 is 1.96 bits per heavy atom. The number of amides is 1. The van der Waals surface area contributed by atoms with Crippen molar-refractivity contribution in [1.29, 1.82) is 0 Å². The number of nitrogens with one attached hydrogen (secondary N) is 1. The van der Waals surface area contributed by atoms with Gasteiger partial charge in [-0.3, -0.25) is 19.0 Å². The van der Waals surface area contributed by atoms with Crippen LogP contribution < -0.4 is 10.9 Å². The van der Waals surface area contributed by atoms with E-state index in [0.717, 1.165) is 4.57 Å². The Morgan fingerprint density at radius 3 is 2.58 bits per heavy atom. The molecule has 1 aromatic heterocycles. The molecule has 24 heavy (non-hydrogen) atoms. The first-order valence-corrected chi connectivity index (χ1v) is 7.39. The third-order valence-corrected chi connectivity index (χ3v) is 3.06. The molecule has 2 N–H and O–H groups in total. The van der Waals surface area contributed by atoms with Gasteiger partial charge in [0.2, 0.25) is 5.91 Å². The minimum atomic E-state index is -1.13. The van der Waals surface area contributed by atoms with Crippen LogP contribution in [0.4, 0.5) is 0 Å². The number of carboxylic acid groups (broad SMARTS) is 1. The highest BCUT2D eigenvalue weighted by Gasteiger charge is 2.13. The highest BCUT2D eigenvalue weighted by molar-refractivity contribution is 5.92. The third-order valence-electron chi connectivity index (χ3n) is 3.06. The van der Waals surface area contributed by atoms with Gasteiger partial charge < -0.3 is 10.4 Å². The average molecular weight is 329 g/mol. The molecule has 0 aliphatic rings. The summed E-state index contributed by atoms with van der Waals surface area (Å²) in [5, 5.41) is 11.8. The van der Waals surface area contributed by atoms with Gasteiger partial charge in [-0.1, -0.05) is 12.1 Å². The number of hydrogen-bond acceptors (Lipinski definition) is 4. The van der Waals surface area contributed by atoms with Crippen molar-refractivity contribution in [3.63, 3.8) is 0 Å². The van der Waals surface area contributed by atoms with Gasteiger partial charge in [0.1, 0.15) is 12.2 Å². The first-order chi connectivity index (χ1) is 11.2. The molecule has 2 aromatic rings. The molecule has 0 radical (unpaired) electrons. The fourth-order valence-corrected chi connectivity index (χ4v) is 2.18. The molecular formula is C17H19N3O4. The fourth-order valence-electron chi connectivity index (χ4n) is 2.18. The smallest absolute Gasteiger partial charge is 0.323 e. The molecule has 126 valence electrons. The largest absolute Gasteiger partial charge is 0.480 e. The summed E-state index contributed by atoms with van der Waals surface area (Å²) < 4.78 is 1.13. The normalized spacial score (nSPS) is 11.8. The average Bonchev–Trinajstić information content (AvgIpc) is 2.46. The van der Waals surface area contributed by atoms with Crippen molar-refractivity contribution in [1.82, 2.24) is 14.9 Å². The molecule has 0 unspecified atom stereocenters. The van der Waals surface area contributed by atoms with Gasteiger partial charge in [-0.05, 0) is 39.0 Å². The number of fused-ring (bicyclic) bond motifs is 1. The Labute approximate surface area is 138 Å². The number of para-hydroxylation sites is 2. The molecule has 0 aliphatic heterocycles. The molecule has 1 amide bonds. The number of aromatic nitrogens is 2. The number of benzene rings is 1. The van der Waals surface area contributed by atoms with Gasteiger partial charge in [0.25, 0.3) is 5.56 Å². The minimum absolute atomic E-state index is 0.0130. The first kappa shape index (κ1) is 17.4. The van der Waals surface area contributed by atoms with E-state index in [-0.39, 0.29) is 11.6 Å². The van der Waals surface area contributed by atoms with E-state index in [4.69, 9.17) is 5.11 Å².